The van der Waals surface area contributed by atoms with E-state index in [0.29, 0.717) is 30.6 Å². The van der Waals surface area contributed by atoms with Gasteiger partial charge in [0.25, 0.3) is 11.8 Å². The maximum absolute atomic E-state index is 14.2. The van der Waals surface area contributed by atoms with E-state index in [1.165, 1.54) is 24.3 Å². The lowest BCUT2D eigenvalue weighted by Gasteiger charge is -2.37. The van der Waals surface area contributed by atoms with Crippen LogP contribution in [0.15, 0.2) is 60.7 Å². The minimum absolute atomic E-state index is 0.136. The predicted molar refractivity (Wildman–Crippen MR) is 179 cm³/mol. The number of nitrogens with zero attached hydrogens (tertiary/aromatic N) is 3. The van der Waals surface area contributed by atoms with E-state index in [-0.39, 0.29) is 45.5 Å². The number of piperidine rings is 1. The van der Waals surface area contributed by atoms with E-state index >= 15 is 0 Å². The van der Waals surface area contributed by atoms with Gasteiger partial charge in [-0.2, -0.15) is 18.3 Å². The maximum Gasteiger partial charge on any atom is 0.408 e. The highest BCUT2D eigenvalue weighted by Gasteiger charge is 2.31. The highest BCUT2D eigenvalue weighted by molar-refractivity contribution is 6.13. The van der Waals surface area contributed by atoms with Gasteiger partial charge >= 0.3 is 12.1 Å². The average Bonchev–Trinajstić information content (AvgIpc) is 3.34. The van der Waals surface area contributed by atoms with Crippen LogP contribution in [-0.4, -0.2) is 52.4 Å². The monoisotopic (exact) mass is 681 g/mol. The van der Waals surface area contributed by atoms with Crippen molar-refractivity contribution in [2.75, 3.05) is 28.6 Å². The summed E-state index contributed by atoms with van der Waals surface area (Å²) in [7, 11) is 0. The molecule has 1 aliphatic heterocycles. The number of alkyl halides is 3. The summed E-state index contributed by atoms with van der Waals surface area (Å²) >= 11 is 0. The third kappa shape index (κ3) is 8.95. The second-order valence-corrected chi connectivity index (χ2v) is 13.7. The molecule has 1 fully saturated rings. The molecule has 9 nitrogen and oxygen atoms in total. The van der Waals surface area contributed by atoms with Crippen LogP contribution in [0.5, 0.6) is 0 Å². The van der Waals surface area contributed by atoms with Crippen LogP contribution in [0.4, 0.5) is 34.6 Å². The summed E-state index contributed by atoms with van der Waals surface area (Å²) in [6.45, 7) is 9.38. The summed E-state index contributed by atoms with van der Waals surface area (Å²) in [5, 5.41) is 9.83. The Morgan fingerprint density at radius 2 is 1.57 bits per heavy atom. The number of amides is 2. The van der Waals surface area contributed by atoms with Crippen molar-refractivity contribution in [3.05, 3.63) is 83.3 Å². The minimum Gasteiger partial charge on any atom is -0.460 e. The topological polar surface area (TPSA) is 106 Å². The number of halogens is 4. The molecule has 3 aromatic carbocycles. The second kappa shape index (κ2) is 13.9. The van der Waals surface area contributed by atoms with Crippen LogP contribution >= 0.6 is 0 Å². The Kier molecular flexibility index (Phi) is 10.0. The van der Waals surface area contributed by atoms with Crippen molar-refractivity contribution in [2.24, 2.45) is 11.8 Å². The van der Waals surface area contributed by atoms with Crippen molar-refractivity contribution < 1.29 is 36.7 Å². The molecular weight excluding hydrogens is 642 g/mol. The molecule has 2 atom stereocenters. The van der Waals surface area contributed by atoms with Crippen LogP contribution in [0.2, 0.25) is 0 Å². The van der Waals surface area contributed by atoms with Crippen molar-refractivity contribution in [1.82, 2.24) is 9.78 Å². The molecule has 0 radical (unpaired) electrons. The molecule has 2 unspecified atom stereocenters. The van der Waals surface area contributed by atoms with Gasteiger partial charge in [-0.1, -0.05) is 32.0 Å². The molecule has 2 N–H and O–H groups in total. The third-order valence-corrected chi connectivity index (χ3v) is 7.99. The van der Waals surface area contributed by atoms with Gasteiger partial charge in [0.15, 0.2) is 5.69 Å². The first-order chi connectivity index (χ1) is 23.0. The Bertz CT molecular complexity index is 1870. The molecule has 2 heterocycles. The first-order valence-corrected chi connectivity index (χ1v) is 16.0. The third-order valence-electron chi connectivity index (χ3n) is 7.99. The number of nitrogens with one attached hydrogen (secondary N) is 2. The van der Waals surface area contributed by atoms with Gasteiger partial charge in [-0.15, -0.1) is 0 Å². The Balaban J connectivity index is 1.48. The molecule has 4 aromatic rings. The summed E-state index contributed by atoms with van der Waals surface area (Å²) in [5.41, 5.74) is 0.645. The molecule has 1 aliphatic rings. The van der Waals surface area contributed by atoms with Crippen LogP contribution in [-0.2, 0) is 22.5 Å². The zero-order chi connectivity index (χ0) is 35.7. The van der Waals surface area contributed by atoms with E-state index in [2.05, 4.69) is 34.5 Å². The number of carbonyl (C=O) groups excluding carboxylic acids is 3. The molecule has 0 spiro atoms. The van der Waals surface area contributed by atoms with Crippen molar-refractivity contribution in [3.8, 4) is 0 Å². The molecular formula is C36H39F4N5O4. The van der Waals surface area contributed by atoms with Gasteiger partial charge in [-0.25, -0.2) is 4.39 Å². The number of anilines is 3. The Morgan fingerprint density at radius 1 is 0.898 bits per heavy atom. The van der Waals surface area contributed by atoms with Gasteiger partial charge in [-0.05, 0) is 87.1 Å². The lowest BCUT2D eigenvalue weighted by atomic mass is 9.91. The zero-order valence-electron chi connectivity index (χ0n) is 28.0. The number of benzene rings is 3. The Hall–Kier alpha value is -4.94. The first kappa shape index (κ1) is 35.4. The number of rotatable bonds is 8. The number of ether oxygens (including phenoxy) is 1. The number of hydrogen-bond donors (Lipinski definition) is 2. The summed E-state index contributed by atoms with van der Waals surface area (Å²) in [6.07, 6.45) is -3.83. The van der Waals surface area contributed by atoms with E-state index in [4.69, 9.17) is 4.74 Å². The fourth-order valence-corrected chi connectivity index (χ4v) is 6.24. The van der Waals surface area contributed by atoms with Gasteiger partial charge in [0.05, 0.1) is 23.3 Å². The Morgan fingerprint density at radius 3 is 2.24 bits per heavy atom. The van der Waals surface area contributed by atoms with E-state index in [1.807, 2.05) is 0 Å². The van der Waals surface area contributed by atoms with E-state index in [0.717, 1.165) is 23.2 Å². The largest absolute Gasteiger partial charge is 0.460 e. The lowest BCUT2D eigenvalue weighted by molar-refractivity contribution is -0.154. The van der Waals surface area contributed by atoms with Crippen LogP contribution in [0, 0.1) is 17.7 Å². The number of aromatic nitrogens is 2. The molecule has 2 amide bonds. The van der Waals surface area contributed by atoms with Crippen molar-refractivity contribution in [2.45, 2.75) is 65.8 Å². The number of hydrogen-bond acceptors (Lipinski definition) is 6. The van der Waals surface area contributed by atoms with E-state index in [9.17, 15) is 31.9 Å². The SMILES string of the molecule is CC1CC(C)CN(c2ccc(C(=O)Nc3ccc(F)cc3CC(=O)OC(C)(C)C)cc2NC(=O)c2nn(CC(F)(F)F)c3ccccc23)C1. The lowest BCUT2D eigenvalue weighted by Crippen LogP contribution is -2.39. The van der Waals surface area contributed by atoms with Crippen molar-refractivity contribution >= 4 is 45.7 Å². The Labute approximate surface area is 281 Å². The summed E-state index contributed by atoms with van der Waals surface area (Å²) < 4.78 is 60.4. The summed E-state index contributed by atoms with van der Waals surface area (Å²) in [6, 6.07) is 14.6. The molecule has 5 rings (SSSR count). The molecule has 0 saturated carbocycles. The first-order valence-electron chi connectivity index (χ1n) is 16.0. The molecule has 260 valence electrons. The van der Waals surface area contributed by atoms with Gasteiger partial charge < -0.3 is 20.3 Å². The highest BCUT2D eigenvalue weighted by Crippen LogP contribution is 2.34. The quantitative estimate of drug-likeness (QED) is 0.147. The number of para-hydroxylation sites is 1. The fraction of sp³-hybridized carbons (Fsp3) is 0.389. The van der Waals surface area contributed by atoms with Gasteiger partial charge in [0, 0.05) is 29.7 Å². The standard InChI is InChI=1S/C36H39F4N5O4/c1-21-14-22(2)19-44(18-21)30-13-10-23(33(47)41-27-12-11-25(37)15-24(27)17-31(46)49-35(3,4)5)16-28(30)42-34(48)32-26-8-6-7-9-29(26)45(43-32)20-36(38,39)40/h6-13,15-16,21-22H,14,17-20H2,1-5H3,(H,41,47)(H,42,48). The minimum atomic E-state index is -4.56. The van der Waals surface area contributed by atoms with Crippen molar-refractivity contribution in [1.29, 1.82) is 0 Å². The zero-order valence-corrected chi connectivity index (χ0v) is 28.0. The van der Waals surface area contributed by atoms with Gasteiger partial charge in [0.2, 0.25) is 0 Å². The molecule has 0 aliphatic carbocycles. The van der Waals surface area contributed by atoms with Crippen molar-refractivity contribution in [3.63, 3.8) is 0 Å². The second-order valence-electron chi connectivity index (χ2n) is 13.7. The number of carbonyl (C=O) groups is 3. The summed E-state index contributed by atoms with van der Waals surface area (Å²) in [5.74, 6) is -1.84. The highest BCUT2D eigenvalue weighted by atomic mass is 19.4. The van der Waals surface area contributed by atoms with Gasteiger partial charge in [0.1, 0.15) is 18.0 Å². The maximum atomic E-state index is 14.2. The predicted octanol–water partition coefficient (Wildman–Crippen LogP) is 7.61. The normalized spacial score (nSPS) is 16.8. The van der Waals surface area contributed by atoms with Gasteiger partial charge in [-0.3, -0.25) is 19.1 Å². The molecule has 1 aromatic heterocycles. The molecule has 13 heteroatoms. The number of fused-ring (bicyclic) bond motifs is 1. The number of esters is 1. The van der Waals surface area contributed by atoms with E-state index in [1.54, 1.807) is 45.0 Å². The van der Waals surface area contributed by atoms with E-state index < -0.39 is 41.9 Å². The van der Waals surface area contributed by atoms with Crippen LogP contribution in [0.25, 0.3) is 10.9 Å². The average molecular weight is 682 g/mol. The fourth-order valence-electron chi connectivity index (χ4n) is 6.24. The molecule has 49 heavy (non-hydrogen) atoms. The van der Waals surface area contributed by atoms with Crippen LogP contribution in [0.1, 0.15) is 67.4 Å². The summed E-state index contributed by atoms with van der Waals surface area (Å²) in [4.78, 5) is 42.0. The van der Waals surface area contributed by atoms with Crippen LogP contribution < -0.4 is 15.5 Å². The molecule has 1 saturated heterocycles. The van der Waals surface area contributed by atoms with Crippen LogP contribution in [0.3, 0.4) is 0 Å². The smallest absolute Gasteiger partial charge is 0.408 e. The molecule has 0 bridgehead atoms.